The Hall–Kier alpha value is -1.16. The van der Waals surface area contributed by atoms with Crippen LogP contribution in [0.5, 0.6) is 0 Å². The number of fused-ring (bicyclic) bond motifs is 1. The Kier molecular flexibility index (Phi) is 3.39. The predicted molar refractivity (Wildman–Crippen MR) is 65.3 cm³/mol. The van der Waals surface area contributed by atoms with E-state index in [0.717, 1.165) is 56.0 Å². The molecule has 0 radical (unpaired) electrons. The molecule has 4 nitrogen and oxygen atoms in total. The maximum Gasteiger partial charge on any atom is 0.145 e. The summed E-state index contributed by atoms with van der Waals surface area (Å²) in [6.45, 7) is 7.53. The molecule has 0 saturated heterocycles. The lowest BCUT2D eigenvalue weighted by Crippen LogP contribution is -2.25. The third-order valence-electron chi connectivity index (χ3n) is 3.27. The summed E-state index contributed by atoms with van der Waals surface area (Å²) in [6, 6.07) is 0. The summed E-state index contributed by atoms with van der Waals surface area (Å²) in [5, 5.41) is 0. The Morgan fingerprint density at radius 1 is 1.12 bits per heavy atom. The fraction of sp³-hybridized carbons (Fsp3) is 0.667. The Balaban J connectivity index is 2.28. The highest BCUT2D eigenvalue weighted by atomic mass is 15.1. The van der Waals surface area contributed by atoms with Crippen molar-refractivity contribution in [1.29, 1.82) is 0 Å². The van der Waals surface area contributed by atoms with Crippen LogP contribution in [0.3, 0.4) is 0 Å². The first-order chi connectivity index (χ1) is 7.74. The fourth-order valence-corrected chi connectivity index (χ4v) is 2.18. The lowest BCUT2D eigenvalue weighted by molar-refractivity contribution is 0.302. The Bertz CT molecular complexity index is 376. The lowest BCUT2D eigenvalue weighted by atomic mass is 10.2. The number of nitrogen functional groups attached to an aromatic ring is 1. The number of rotatable bonds is 2. The summed E-state index contributed by atoms with van der Waals surface area (Å²) in [5.74, 6) is 0.617. The summed E-state index contributed by atoms with van der Waals surface area (Å²) in [4.78, 5) is 11.6. The van der Waals surface area contributed by atoms with Crippen molar-refractivity contribution in [1.82, 2.24) is 14.9 Å². The minimum atomic E-state index is 0.617. The fourth-order valence-electron chi connectivity index (χ4n) is 2.18. The second-order valence-electron chi connectivity index (χ2n) is 4.24. The zero-order chi connectivity index (χ0) is 11.5. The molecule has 0 unspecified atom stereocenters. The molecule has 0 saturated carbocycles. The first-order valence-corrected chi connectivity index (χ1v) is 6.11. The molecule has 0 fully saturated rings. The molecule has 0 amide bonds. The van der Waals surface area contributed by atoms with E-state index in [1.54, 1.807) is 0 Å². The van der Waals surface area contributed by atoms with Crippen LogP contribution in [0.25, 0.3) is 0 Å². The molecule has 2 N–H and O–H groups in total. The highest BCUT2D eigenvalue weighted by Gasteiger charge is 2.16. The zero-order valence-corrected chi connectivity index (χ0v) is 10.2. The summed E-state index contributed by atoms with van der Waals surface area (Å²) < 4.78 is 0. The van der Waals surface area contributed by atoms with Gasteiger partial charge in [-0.2, -0.15) is 0 Å². The quantitative estimate of drug-likeness (QED) is 0.809. The van der Waals surface area contributed by atoms with Gasteiger partial charge in [0.1, 0.15) is 5.82 Å². The first-order valence-electron chi connectivity index (χ1n) is 6.11. The van der Waals surface area contributed by atoms with Gasteiger partial charge < -0.3 is 10.6 Å². The number of nitrogens with zero attached hydrogens (tertiary/aromatic N) is 3. The van der Waals surface area contributed by atoms with E-state index in [1.807, 2.05) is 0 Å². The normalized spacial score (nSPS) is 16.9. The smallest absolute Gasteiger partial charge is 0.145 e. The summed E-state index contributed by atoms with van der Waals surface area (Å²) in [6.07, 6.45) is 2.84. The van der Waals surface area contributed by atoms with Crippen LogP contribution in [0.1, 0.15) is 30.9 Å². The van der Waals surface area contributed by atoms with Crippen LogP contribution < -0.4 is 5.73 Å². The van der Waals surface area contributed by atoms with Gasteiger partial charge in [-0.15, -0.1) is 0 Å². The van der Waals surface area contributed by atoms with Gasteiger partial charge in [-0.3, -0.25) is 4.98 Å². The summed E-state index contributed by atoms with van der Waals surface area (Å²) in [5.41, 5.74) is 9.09. The topological polar surface area (TPSA) is 55.0 Å². The van der Waals surface area contributed by atoms with Crippen molar-refractivity contribution in [3.63, 3.8) is 0 Å². The van der Waals surface area contributed by atoms with Gasteiger partial charge >= 0.3 is 0 Å². The van der Waals surface area contributed by atoms with Gasteiger partial charge in [0.15, 0.2) is 0 Å². The van der Waals surface area contributed by atoms with E-state index in [2.05, 4.69) is 28.7 Å². The molecule has 4 heteroatoms. The molecule has 1 aromatic rings. The summed E-state index contributed by atoms with van der Waals surface area (Å²) >= 11 is 0. The van der Waals surface area contributed by atoms with Crippen molar-refractivity contribution in [3.8, 4) is 0 Å². The minimum absolute atomic E-state index is 0.617. The molecule has 16 heavy (non-hydrogen) atoms. The van der Waals surface area contributed by atoms with Crippen LogP contribution in [-0.2, 0) is 19.3 Å². The monoisotopic (exact) mass is 220 g/mol. The molecular weight excluding hydrogens is 200 g/mol. The maximum absolute atomic E-state index is 5.89. The van der Waals surface area contributed by atoms with Gasteiger partial charge in [-0.25, -0.2) is 4.98 Å². The van der Waals surface area contributed by atoms with E-state index < -0.39 is 0 Å². The molecule has 1 aromatic heterocycles. The lowest BCUT2D eigenvalue weighted by Gasteiger charge is -2.15. The molecule has 0 aliphatic carbocycles. The third kappa shape index (κ3) is 2.16. The van der Waals surface area contributed by atoms with Crippen LogP contribution in [0, 0.1) is 0 Å². The average molecular weight is 220 g/mol. The first kappa shape index (κ1) is 11.3. The zero-order valence-electron chi connectivity index (χ0n) is 10.2. The van der Waals surface area contributed by atoms with Crippen molar-refractivity contribution in [3.05, 3.63) is 17.1 Å². The molecule has 88 valence electrons. The van der Waals surface area contributed by atoms with Gasteiger partial charge in [-0.1, -0.05) is 13.8 Å². The molecule has 0 aromatic carbocycles. The standard InChI is InChI=1S/C12H20N4/c1-3-9-12(13)15-11-6-8-16(4-2)7-5-10(11)14-9/h3-8H2,1-2H3,(H2,13,15). The molecule has 2 heterocycles. The summed E-state index contributed by atoms with van der Waals surface area (Å²) in [7, 11) is 0. The van der Waals surface area contributed by atoms with Gasteiger partial charge in [0.05, 0.1) is 17.1 Å². The van der Waals surface area contributed by atoms with Gasteiger partial charge in [0, 0.05) is 25.9 Å². The van der Waals surface area contributed by atoms with Gasteiger partial charge in [-0.05, 0) is 13.0 Å². The van der Waals surface area contributed by atoms with Crippen molar-refractivity contribution in [2.24, 2.45) is 0 Å². The predicted octanol–water partition coefficient (Wildman–Crippen LogP) is 1.04. The number of anilines is 1. The molecule has 1 aliphatic rings. The van der Waals surface area contributed by atoms with E-state index in [1.165, 1.54) is 0 Å². The third-order valence-corrected chi connectivity index (χ3v) is 3.27. The number of hydrogen-bond donors (Lipinski definition) is 1. The van der Waals surface area contributed by atoms with Crippen molar-refractivity contribution >= 4 is 5.82 Å². The Morgan fingerprint density at radius 3 is 2.31 bits per heavy atom. The maximum atomic E-state index is 5.89. The number of hydrogen-bond acceptors (Lipinski definition) is 4. The van der Waals surface area contributed by atoms with E-state index in [4.69, 9.17) is 5.73 Å². The van der Waals surface area contributed by atoms with Crippen LogP contribution in [0.2, 0.25) is 0 Å². The van der Waals surface area contributed by atoms with Gasteiger partial charge in [0.2, 0.25) is 0 Å². The molecule has 1 aliphatic heterocycles. The van der Waals surface area contributed by atoms with Crippen LogP contribution in [-0.4, -0.2) is 34.5 Å². The van der Waals surface area contributed by atoms with Crippen LogP contribution >= 0.6 is 0 Å². The average Bonchev–Trinajstić information content (AvgIpc) is 2.49. The number of aromatic nitrogens is 2. The number of nitrogens with two attached hydrogens (primary N) is 1. The second-order valence-corrected chi connectivity index (χ2v) is 4.24. The van der Waals surface area contributed by atoms with Gasteiger partial charge in [0.25, 0.3) is 0 Å². The van der Waals surface area contributed by atoms with Crippen LogP contribution in [0.4, 0.5) is 5.82 Å². The molecule has 0 bridgehead atoms. The largest absolute Gasteiger partial charge is 0.382 e. The second kappa shape index (κ2) is 4.78. The van der Waals surface area contributed by atoms with E-state index in [9.17, 15) is 0 Å². The molecule has 0 spiro atoms. The van der Waals surface area contributed by atoms with Crippen molar-refractivity contribution in [2.45, 2.75) is 33.1 Å². The van der Waals surface area contributed by atoms with Crippen molar-refractivity contribution in [2.75, 3.05) is 25.4 Å². The minimum Gasteiger partial charge on any atom is -0.382 e. The van der Waals surface area contributed by atoms with E-state index in [0.29, 0.717) is 5.82 Å². The molecule has 0 atom stereocenters. The van der Waals surface area contributed by atoms with E-state index in [-0.39, 0.29) is 0 Å². The highest BCUT2D eigenvalue weighted by Crippen LogP contribution is 2.16. The van der Waals surface area contributed by atoms with Crippen molar-refractivity contribution < 1.29 is 0 Å². The molecular formula is C12H20N4. The van der Waals surface area contributed by atoms with E-state index >= 15 is 0 Å². The Labute approximate surface area is 96.9 Å². The Morgan fingerprint density at radius 2 is 1.75 bits per heavy atom. The number of aryl methyl sites for hydroxylation is 1. The van der Waals surface area contributed by atoms with Crippen LogP contribution in [0.15, 0.2) is 0 Å². The SMILES string of the molecule is CCc1nc2c(nc1N)CCN(CC)CC2. The number of likely N-dealkylation sites (N-methyl/N-ethyl adjacent to an activating group) is 1. The molecule has 2 rings (SSSR count). The highest BCUT2D eigenvalue weighted by molar-refractivity contribution is 5.37.